The normalized spacial score (nSPS) is 11.6. The topological polar surface area (TPSA) is 136 Å². The molecule has 0 unspecified atom stereocenters. The number of anilines is 1. The average Bonchev–Trinajstić information content (AvgIpc) is 3.40. The number of hydrogen-bond acceptors (Lipinski definition) is 7. The van der Waals surface area contributed by atoms with Gasteiger partial charge in [0.25, 0.3) is 11.6 Å². The summed E-state index contributed by atoms with van der Waals surface area (Å²) in [5.74, 6) is -0.528. The molecule has 0 fully saturated rings. The lowest BCUT2D eigenvalue weighted by Crippen LogP contribution is -2.21. The molecule has 4 aromatic rings. The van der Waals surface area contributed by atoms with Gasteiger partial charge in [-0.3, -0.25) is 24.6 Å². The monoisotopic (exact) mass is 435 g/mol. The van der Waals surface area contributed by atoms with Crippen LogP contribution in [0.15, 0.2) is 59.8 Å². The van der Waals surface area contributed by atoms with Crippen LogP contribution in [-0.2, 0) is 6.54 Å². The molecule has 0 atom stereocenters. The fraction of sp³-hybridized carbons (Fsp3) is 0.227. The summed E-state index contributed by atoms with van der Waals surface area (Å²) < 4.78 is 6.95. The molecule has 4 rings (SSSR count). The summed E-state index contributed by atoms with van der Waals surface area (Å²) >= 11 is 0. The molecule has 2 N–H and O–H groups in total. The minimum Gasteiger partial charge on any atom is -0.472 e. The SMILES string of the molecule is CC(C)(O)CCn1cc2cc(NC(=O)c3cncc([N+](=O)[O-])c3)c(-c3ccoc3)cc2n1. The maximum atomic E-state index is 12.8. The highest BCUT2D eigenvalue weighted by Crippen LogP contribution is 2.33. The molecule has 0 aliphatic rings. The van der Waals surface area contributed by atoms with Gasteiger partial charge in [-0.05, 0) is 38.5 Å². The van der Waals surface area contributed by atoms with Crippen molar-refractivity contribution in [2.75, 3.05) is 5.32 Å². The van der Waals surface area contributed by atoms with E-state index in [1.807, 2.05) is 12.3 Å². The predicted molar refractivity (Wildman–Crippen MR) is 117 cm³/mol. The molecule has 0 saturated carbocycles. The van der Waals surface area contributed by atoms with Gasteiger partial charge >= 0.3 is 0 Å². The van der Waals surface area contributed by atoms with E-state index in [-0.39, 0.29) is 11.3 Å². The van der Waals surface area contributed by atoms with E-state index in [1.54, 1.807) is 36.9 Å². The molecule has 1 amide bonds. The summed E-state index contributed by atoms with van der Waals surface area (Å²) in [5.41, 5.74) is 1.63. The molecule has 0 bridgehead atoms. The van der Waals surface area contributed by atoms with Gasteiger partial charge in [0.15, 0.2) is 0 Å². The summed E-state index contributed by atoms with van der Waals surface area (Å²) in [6.45, 7) is 4.01. The molecule has 3 heterocycles. The molecule has 0 radical (unpaired) electrons. The van der Waals surface area contributed by atoms with Crippen LogP contribution < -0.4 is 5.32 Å². The lowest BCUT2D eigenvalue weighted by atomic mass is 10.0. The van der Waals surface area contributed by atoms with E-state index in [9.17, 15) is 20.0 Å². The van der Waals surface area contributed by atoms with Crippen molar-refractivity contribution < 1.29 is 19.2 Å². The number of aliphatic hydroxyl groups is 1. The first-order valence-electron chi connectivity index (χ1n) is 9.86. The standard InChI is InChI=1S/C22H21N5O5/c1-22(2,29)4-5-26-12-16-8-20(18(9-19(16)25-26)14-3-6-32-13-14)24-21(28)15-7-17(27(30)31)11-23-10-15/h3,6-13,29H,4-5H2,1-2H3,(H,24,28). The van der Waals surface area contributed by atoms with E-state index in [4.69, 9.17) is 4.42 Å². The Morgan fingerprint density at radius 2 is 2.12 bits per heavy atom. The van der Waals surface area contributed by atoms with Crippen LogP contribution in [0, 0.1) is 10.1 Å². The molecule has 1 aromatic carbocycles. The number of nitrogens with one attached hydrogen (secondary N) is 1. The molecule has 164 valence electrons. The van der Waals surface area contributed by atoms with Crippen LogP contribution in [0.25, 0.3) is 22.0 Å². The largest absolute Gasteiger partial charge is 0.472 e. The molecule has 0 saturated heterocycles. The zero-order chi connectivity index (χ0) is 22.9. The van der Waals surface area contributed by atoms with E-state index in [1.165, 1.54) is 18.5 Å². The lowest BCUT2D eigenvalue weighted by molar-refractivity contribution is -0.385. The summed E-state index contributed by atoms with van der Waals surface area (Å²) in [7, 11) is 0. The van der Waals surface area contributed by atoms with Gasteiger partial charge in [0.05, 0.1) is 34.1 Å². The maximum Gasteiger partial charge on any atom is 0.288 e. The maximum absolute atomic E-state index is 12.8. The van der Waals surface area contributed by atoms with Crippen LogP contribution >= 0.6 is 0 Å². The van der Waals surface area contributed by atoms with E-state index in [2.05, 4.69) is 15.4 Å². The van der Waals surface area contributed by atoms with Gasteiger partial charge in [-0.2, -0.15) is 5.10 Å². The Balaban J connectivity index is 1.70. The lowest BCUT2D eigenvalue weighted by Gasteiger charge is -2.16. The Morgan fingerprint density at radius 1 is 1.31 bits per heavy atom. The highest BCUT2D eigenvalue weighted by Gasteiger charge is 2.18. The van der Waals surface area contributed by atoms with Gasteiger partial charge < -0.3 is 14.8 Å². The number of carbonyl (C=O) groups excluding carboxylic acids is 1. The van der Waals surface area contributed by atoms with Gasteiger partial charge in [0.1, 0.15) is 6.20 Å². The van der Waals surface area contributed by atoms with Crippen molar-refractivity contribution in [1.29, 1.82) is 0 Å². The number of aromatic nitrogens is 3. The van der Waals surface area contributed by atoms with Crippen LogP contribution in [0.5, 0.6) is 0 Å². The Kier molecular flexibility index (Phi) is 5.45. The van der Waals surface area contributed by atoms with Gasteiger partial charge in [-0.25, -0.2) is 0 Å². The number of aryl methyl sites for hydroxylation is 1. The minimum atomic E-state index is -0.814. The Labute approximate surface area is 182 Å². The molecule has 10 nitrogen and oxygen atoms in total. The smallest absolute Gasteiger partial charge is 0.288 e. The summed E-state index contributed by atoms with van der Waals surface area (Å²) in [5, 5.41) is 29.2. The van der Waals surface area contributed by atoms with Gasteiger partial charge in [-0.15, -0.1) is 0 Å². The number of hydrogen-bond donors (Lipinski definition) is 2. The number of carbonyl (C=O) groups is 1. The number of amides is 1. The number of fused-ring (bicyclic) bond motifs is 1. The molecular weight excluding hydrogens is 414 g/mol. The summed E-state index contributed by atoms with van der Waals surface area (Å²) in [4.78, 5) is 27.0. The predicted octanol–water partition coefficient (Wildman–Crippen LogP) is 4.01. The van der Waals surface area contributed by atoms with Crippen LogP contribution in [-0.4, -0.2) is 36.3 Å². The Morgan fingerprint density at radius 3 is 2.81 bits per heavy atom. The number of nitro groups is 1. The number of furan rings is 1. The van der Waals surface area contributed by atoms with E-state index in [0.29, 0.717) is 29.7 Å². The highest BCUT2D eigenvalue weighted by atomic mass is 16.6. The Bertz CT molecular complexity index is 1290. The van der Waals surface area contributed by atoms with Gasteiger partial charge in [0, 0.05) is 47.2 Å². The van der Waals surface area contributed by atoms with Crippen molar-refractivity contribution in [3.8, 4) is 11.1 Å². The highest BCUT2D eigenvalue weighted by molar-refractivity contribution is 6.08. The zero-order valence-corrected chi connectivity index (χ0v) is 17.5. The third-order valence-electron chi connectivity index (χ3n) is 4.92. The van der Waals surface area contributed by atoms with Crippen molar-refractivity contribution in [3.63, 3.8) is 0 Å². The molecule has 10 heteroatoms. The third-order valence-corrected chi connectivity index (χ3v) is 4.92. The molecule has 0 aliphatic carbocycles. The van der Waals surface area contributed by atoms with Gasteiger partial charge in [-0.1, -0.05) is 0 Å². The van der Waals surface area contributed by atoms with Crippen molar-refractivity contribution in [1.82, 2.24) is 14.8 Å². The fourth-order valence-corrected chi connectivity index (χ4v) is 3.23. The molecular formula is C22H21N5O5. The molecule has 3 aromatic heterocycles. The van der Waals surface area contributed by atoms with Crippen molar-refractivity contribution in [2.24, 2.45) is 0 Å². The first kappa shape index (κ1) is 21.2. The molecule has 0 aliphatic heterocycles. The van der Waals surface area contributed by atoms with Crippen LogP contribution in [0.4, 0.5) is 11.4 Å². The second-order valence-electron chi connectivity index (χ2n) is 8.07. The molecule has 0 spiro atoms. The summed E-state index contributed by atoms with van der Waals surface area (Å²) in [6, 6.07) is 6.56. The molecule has 32 heavy (non-hydrogen) atoms. The van der Waals surface area contributed by atoms with E-state index >= 15 is 0 Å². The van der Waals surface area contributed by atoms with Crippen LogP contribution in [0.1, 0.15) is 30.6 Å². The van der Waals surface area contributed by atoms with Crippen molar-refractivity contribution >= 4 is 28.2 Å². The number of benzene rings is 1. The first-order valence-corrected chi connectivity index (χ1v) is 9.86. The Hall–Kier alpha value is -4.05. The number of nitrogens with zero attached hydrogens (tertiary/aromatic N) is 4. The van der Waals surface area contributed by atoms with Gasteiger partial charge in [0.2, 0.25) is 0 Å². The first-order chi connectivity index (χ1) is 15.2. The minimum absolute atomic E-state index is 0.0679. The number of rotatable bonds is 7. The summed E-state index contributed by atoms with van der Waals surface area (Å²) in [6.07, 6.45) is 7.80. The zero-order valence-electron chi connectivity index (χ0n) is 17.5. The van der Waals surface area contributed by atoms with Crippen molar-refractivity contribution in [3.05, 3.63) is 71.1 Å². The fourth-order valence-electron chi connectivity index (χ4n) is 3.23. The van der Waals surface area contributed by atoms with E-state index < -0.39 is 16.4 Å². The van der Waals surface area contributed by atoms with Crippen LogP contribution in [0.3, 0.4) is 0 Å². The van der Waals surface area contributed by atoms with Crippen molar-refractivity contribution in [2.45, 2.75) is 32.4 Å². The quantitative estimate of drug-likeness (QED) is 0.330. The second-order valence-corrected chi connectivity index (χ2v) is 8.07. The average molecular weight is 435 g/mol. The number of pyridine rings is 1. The third kappa shape index (κ3) is 4.65. The van der Waals surface area contributed by atoms with Crippen LogP contribution in [0.2, 0.25) is 0 Å². The van der Waals surface area contributed by atoms with E-state index in [0.717, 1.165) is 17.1 Å². The second kappa shape index (κ2) is 8.23.